The monoisotopic (exact) mass is 329 g/mol. The van der Waals surface area contributed by atoms with Crippen LogP contribution in [-0.2, 0) is 6.18 Å². The van der Waals surface area contributed by atoms with Gasteiger partial charge in [-0.3, -0.25) is 0 Å². The van der Waals surface area contributed by atoms with E-state index in [0.717, 1.165) is 17.5 Å². The number of nitrogens with one attached hydrogen (secondary N) is 1. The van der Waals surface area contributed by atoms with Crippen LogP contribution in [0.15, 0.2) is 35.7 Å². The molecule has 3 aromatic rings. The minimum atomic E-state index is -4.35. The molecule has 0 unspecified atom stereocenters. The number of nitrogens with zero attached hydrogens (tertiary/aromatic N) is 2. The van der Waals surface area contributed by atoms with Gasteiger partial charge in [0.15, 0.2) is 0 Å². The fourth-order valence-electron chi connectivity index (χ4n) is 1.80. The van der Waals surface area contributed by atoms with Gasteiger partial charge in [0.25, 0.3) is 0 Å². The molecule has 2 aromatic heterocycles. The van der Waals surface area contributed by atoms with Gasteiger partial charge in [-0.05, 0) is 47.3 Å². The third kappa shape index (κ3) is 2.93. The Labute approximate surface area is 126 Å². The number of hydrogen-bond acceptors (Lipinski definition) is 4. The number of alkyl halides is 3. The second-order valence-electron chi connectivity index (χ2n) is 4.18. The molecule has 0 radical (unpaired) electrons. The first kappa shape index (κ1) is 14.1. The number of anilines is 2. The Bertz CT molecular complexity index is 783. The molecule has 108 valence electrons. The first-order chi connectivity index (χ1) is 9.93. The van der Waals surface area contributed by atoms with Gasteiger partial charge in [0, 0.05) is 5.69 Å². The molecule has 0 amide bonds. The van der Waals surface area contributed by atoms with Crippen molar-refractivity contribution >= 4 is 44.7 Å². The largest absolute Gasteiger partial charge is 0.416 e. The van der Waals surface area contributed by atoms with Crippen LogP contribution < -0.4 is 5.32 Å². The van der Waals surface area contributed by atoms with Crippen LogP contribution in [0.25, 0.3) is 10.2 Å². The molecule has 2 heterocycles. The summed E-state index contributed by atoms with van der Waals surface area (Å²) in [6, 6.07) is 6.53. The zero-order valence-electron chi connectivity index (χ0n) is 10.3. The summed E-state index contributed by atoms with van der Waals surface area (Å²) in [7, 11) is 0. The molecule has 0 atom stereocenters. The normalized spacial score (nSPS) is 11.8. The van der Waals surface area contributed by atoms with Gasteiger partial charge < -0.3 is 5.32 Å². The maximum absolute atomic E-state index is 12.5. The molecule has 8 heteroatoms. The van der Waals surface area contributed by atoms with Crippen molar-refractivity contribution in [2.45, 2.75) is 6.18 Å². The molecular weight excluding hydrogens is 323 g/mol. The molecule has 0 saturated heterocycles. The number of aromatic nitrogens is 2. The minimum Gasteiger partial charge on any atom is -0.340 e. The molecule has 0 fully saturated rings. The maximum atomic E-state index is 12.5. The van der Waals surface area contributed by atoms with Gasteiger partial charge >= 0.3 is 6.18 Å². The molecule has 1 aromatic carbocycles. The first-order valence-electron chi connectivity index (χ1n) is 5.78. The maximum Gasteiger partial charge on any atom is 0.416 e. The highest BCUT2D eigenvalue weighted by molar-refractivity contribution is 7.16. The Morgan fingerprint density at radius 2 is 1.76 bits per heavy atom. The van der Waals surface area contributed by atoms with E-state index in [1.54, 1.807) is 0 Å². The van der Waals surface area contributed by atoms with Crippen molar-refractivity contribution in [1.82, 2.24) is 9.97 Å². The van der Waals surface area contributed by atoms with E-state index >= 15 is 0 Å². The standard InChI is InChI=1S/C13H7ClF3N3S/c14-12-19-10(9-5-6-21-11(9)20-12)18-8-3-1-7(2-4-8)13(15,16)17/h1-6H,(H,18,19,20). The van der Waals surface area contributed by atoms with Crippen molar-refractivity contribution in [3.8, 4) is 0 Å². The minimum absolute atomic E-state index is 0.0827. The van der Waals surface area contributed by atoms with Crippen LogP contribution in [-0.4, -0.2) is 9.97 Å². The Hall–Kier alpha value is -1.86. The summed E-state index contributed by atoms with van der Waals surface area (Å²) in [5.74, 6) is 0.464. The lowest BCUT2D eigenvalue weighted by atomic mass is 10.2. The van der Waals surface area contributed by atoms with Crippen LogP contribution in [0.4, 0.5) is 24.7 Å². The van der Waals surface area contributed by atoms with Gasteiger partial charge in [-0.1, -0.05) is 0 Å². The summed E-state index contributed by atoms with van der Waals surface area (Å²) in [5, 5.41) is 5.65. The first-order valence-corrected chi connectivity index (χ1v) is 7.04. The lowest BCUT2D eigenvalue weighted by Crippen LogP contribution is -2.04. The molecule has 1 N–H and O–H groups in total. The van der Waals surface area contributed by atoms with E-state index in [2.05, 4.69) is 15.3 Å². The molecule has 3 nitrogen and oxygen atoms in total. The van der Waals surface area contributed by atoms with Gasteiger partial charge in [0.1, 0.15) is 10.6 Å². The van der Waals surface area contributed by atoms with Crippen LogP contribution >= 0.6 is 22.9 Å². The Kier molecular flexibility index (Phi) is 3.46. The van der Waals surface area contributed by atoms with E-state index in [1.165, 1.54) is 23.5 Å². The SMILES string of the molecule is FC(F)(F)c1ccc(Nc2nc(Cl)nc3sccc23)cc1. The van der Waals surface area contributed by atoms with Crippen molar-refractivity contribution < 1.29 is 13.2 Å². The van der Waals surface area contributed by atoms with Crippen molar-refractivity contribution in [2.24, 2.45) is 0 Å². The van der Waals surface area contributed by atoms with Crippen molar-refractivity contribution in [3.05, 3.63) is 46.6 Å². The van der Waals surface area contributed by atoms with E-state index in [0.29, 0.717) is 16.3 Å². The van der Waals surface area contributed by atoms with Gasteiger partial charge in [-0.25, -0.2) is 4.98 Å². The van der Waals surface area contributed by atoms with E-state index < -0.39 is 11.7 Å². The number of fused-ring (bicyclic) bond motifs is 1. The molecule has 0 spiro atoms. The fraction of sp³-hybridized carbons (Fsp3) is 0.0769. The quantitative estimate of drug-likeness (QED) is 0.664. The van der Waals surface area contributed by atoms with Crippen LogP contribution in [0.3, 0.4) is 0 Å². The molecule has 21 heavy (non-hydrogen) atoms. The van der Waals surface area contributed by atoms with E-state index in [1.807, 2.05) is 11.4 Å². The number of thiophene rings is 1. The third-order valence-corrected chi connectivity index (χ3v) is 3.75. The smallest absolute Gasteiger partial charge is 0.340 e. The second-order valence-corrected chi connectivity index (χ2v) is 5.41. The van der Waals surface area contributed by atoms with Gasteiger partial charge in [-0.2, -0.15) is 18.2 Å². The Morgan fingerprint density at radius 3 is 2.43 bits per heavy atom. The average Bonchev–Trinajstić information content (AvgIpc) is 2.86. The second kappa shape index (κ2) is 5.16. The van der Waals surface area contributed by atoms with E-state index in [-0.39, 0.29) is 5.28 Å². The zero-order chi connectivity index (χ0) is 15.0. The summed E-state index contributed by atoms with van der Waals surface area (Å²) in [5.41, 5.74) is -0.209. The Balaban J connectivity index is 1.93. The highest BCUT2D eigenvalue weighted by atomic mass is 35.5. The predicted octanol–water partition coefficient (Wildman–Crippen LogP) is 5.11. The van der Waals surface area contributed by atoms with Crippen molar-refractivity contribution in [2.75, 3.05) is 5.32 Å². The average molecular weight is 330 g/mol. The highest BCUT2D eigenvalue weighted by Gasteiger charge is 2.29. The van der Waals surface area contributed by atoms with E-state index in [4.69, 9.17) is 11.6 Å². The number of hydrogen-bond donors (Lipinski definition) is 1. The summed E-state index contributed by atoms with van der Waals surface area (Å²) in [4.78, 5) is 8.85. The summed E-state index contributed by atoms with van der Waals surface area (Å²) in [6.45, 7) is 0. The van der Waals surface area contributed by atoms with Crippen LogP contribution in [0.5, 0.6) is 0 Å². The Morgan fingerprint density at radius 1 is 1.05 bits per heavy atom. The number of benzene rings is 1. The van der Waals surface area contributed by atoms with Crippen molar-refractivity contribution in [1.29, 1.82) is 0 Å². The lowest BCUT2D eigenvalue weighted by Gasteiger charge is -2.09. The number of rotatable bonds is 2. The molecule has 3 rings (SSSR count). The summed E-state index contributed by atoms with van der Waals surface area (Å²) in [6.07, 6.45) is -4.35. The van der Waals surface area contributed by atoms with Crippen molar-refractivity contribution in [3.63, 3.8) is 0 Å². The van der Waals surface area contributed by atoms with Crippen LogP contribution in [0, 0.1) is 0 Å². The molecule has 0 aliphatic heterocycles. The van der Waals surface area contributed by atoms with Gasteiger partial charge in [-0.15, -0.1) is 11.3 Å². The molecule has 0 aliphatic rings. The van der Waals surface area contributed by atoms with E-state index in [9.17, 15) is 13.2 Å². The van der Waals surface area contributed by atoms with Gasteiger partial charge in [0.2, 0.25) is 5.28 Å². The van der Waals surface area contributed by atoms with Crippen LogP contribution in [0.1, 0.15) is 5.56 Å². The summed E-state index contributed by atoms with van der Waals surface area (Å²) < 4.78 is 37.5. The number of halogens is 4. The molecule has 0 aliphatic carbocycles. The molecular formula is C13H7ClF3N3S. The predicted molar refractivity (Wildman–Crippen MR) is 77.2 cm³/mol. The zero-order valence-corrected chi connectivity index (χ0v) is 11.9. The fourth-order valence-corrected chi connectivity index (χ4v) is 2.79. The van der Waals surface area contributed by atoms with Gasteiger partial charge in [0.05, 0.1) is 10.9 Å². The highest BCUT2D eigenvalue weighted by Crippen LogP contribution is 2.32. The lowest BCUT2D eigenvalue weighted by molar-refractivity contribution is -0.137. The molecule has 0 bridgehead atoms. The topological polar surface area (TPSA) is 37.8 Å². The summed E-state index contributed by atoms with van der Waals surface area (Å²) >= 11 is 7.24. The molecule has 0 saturated carbocycles. The van der Waals surface area contributed by atoms with Crippen LogP contribution in [0.2, 0.25) is 5.28 Å². The third-order valence-electron chi connectivity index (χ3n) is 2.77.